The summed E-state index contributed by atoms with van der Waals surface area (Å²) in [7, 11) is 5.77. The number of piperazine rings is 1. The van der Waals surface area contributed by atoms with Gasteiger partial charge in [-0.2, -0.15) is 0 Å². The molecule has 5 nitrogen and oxygen atoms in total. The first kappa shape index (κ1) is 14.4. The van der Waals surface area contributed by atoms with Crippen molar-refractivity contribution in [3.05, 3.63) is 0 Å². The number of hydrogen-bond donors (Lipinski definition) is 1. The minimum atomic E-state index is 0.192. The van der Waals surface area contributed by atoms with Gasteiger partial charge in [0.1, 0.15) is 0 Å². The van der Waals surface area contributed by atoms with Crippen molar-refractivity contribution >= 4 is 5.91 Å². The number of carbonyl (C=O) groups excluding carboxylic acids is 1. The average molecular weight is 242 g/mol. The predicted octanol–water partition coefficient (Wildman–Crippen LogP) is -0.698. The first-order valence-corrected chi connectivity index (χ1v) is 6.41. The third-order valence-electron chi connectivity index (χ3n) is 3.22. The molecule has 0 unspecified atom stereocenters. The lowest BCUT2D eigenvalue weighted by atomic mass is 10.3. The van der Waals surface area contributed by atoms with E-state index >= 15 is 0 Å². The van der Waals surface area contributed by atoms with Gasteiger partial charge >= 0.3 is 0 Å². The maximum atomic E-state index is 11.3. The molecule has 1 saturated heterocycles. The van der Waals surface area contributed by atoms with Gasteiger partial charge in [-0.1, -0.05) is 0 Å². The van der Waals surface area contributed by atoms with Crippen molar-refractivity contribution in [2.24, 2.45) is 0 Å². The molecular weight excluding hydrogens is 216 g/mol. The zero-order valence-corrected chi connectivity index (χ0v) is 11.4. The van der Waals surface area contributed by atoms with E-state index in [1.54, 1.807) is 19.0 Å². The highest BCUT2D eigenvalue weighted by molar-refractivity contribution is 5.75. The number of nitrogens with one attached hydrogen (secondary N) is 1. The van der Waals surface area contributed by atoms with E-state index in [-0.39, 0.29) is 5.91 Å². The molecule has 1 rings (SSSR count). The fourth-order valence-electron chi connectivity index (χ4n) is 1.85. The molecule has 0 bridgehead atoms. The molecule has 1 amide bonds. The summed E-state index contributed by atoms with van der Waals surface area (Å²) >= 11 is 0. The maximum Gasteiger partial charge on any atom is 0.223 e. The van der Waals surface area contributed by atoms with Gasteiger partial charge < -0.3 is 15.1 Å². The summed E-state index contributed by atoms with van der Waals surface area (Å²) in [6.45, 7) is 7.50. The van der Waals surface area contributed by atoms with Gasteiger partial charge in [-0.05, 0) is 7.05 Å². The number of rotatable bonds is 6. The summed E-state index contributed by atoms with van der Waals surface area (Å²) in [5.74, 6) is 0.192. The van der Waals surface area contributed by atoms with E-state index in [9.17, 15) is 4.79 Å². The molecule has 1 aliphatic rings. The monoisotopic (exact) mass is 242 g/mol. The topological polar surface area (TPSA) is 38.8 Å². The standard InChI is InChI=1S/C12H26N4O/c1-14(2)12(17)4-5-13-6-7-16-10-8-15(3)9-11-16/h13H,4-11H2,1-3H3. The van der Waals surface area contributed by atoms with Gasteiger partial charge in [-0.25, -0.2) is 0 Å². The van der Waals surface area contributed by atoms with Crippen LogP contribution >= 0.6 is 0 Å². The van der Waals surface area contributed by atoms with Crippen molar-refractivity contribution in [1.29, 1.82) is 0 Å². The van der Waals surface area contributed by atoms with Crippen molar-refractivity contribution in [1.82, 2.24) is 20.0 Å². The predicted molar refractivity (Wildman–Crippen MR) is 70.1 cm³/mol. The SMILES string of the molecule is CN1CCN(CCNCCC(=O)N(C)C)CC1. The van der Waals surface area contributed by atoms with Crippen LogP contribution in [0.4, 0.5) is 0 Å². The van der Waals surface area contributed by atoms with Gasteiger partial charge in [0.15, 0.2) is 0 Å². The van der Waals surface area contributed by atoms with E-state index in [4.69, 9.17) is 0 Å². The lowest BCUT2D eigenvalue weighted by molar-refractivity contribution is -0.128. The third kappa shape index (κ3) is 6.00. The molecule has 0 aromatic carbocycles. The highest BCUT2D eigenvalue weighted by Gasteiger charge is 2.12. The van der Waals surface area contributed by atoms with Gasteiger partial charge in [0.25, 0.3) is 0 Å². The number of likely N-dealkylation sites (N-methyl/N-ethyl adjacent to an activating group) is 1. The Morgan fingerprint density at radius 2 is 1.82 bits per heavy atom. The van der Waals surface area contributed by atoms with Crippen LogP contribution in [0, 0.1) is 0 Å². The van der Waals surface area contributed by atoms with Crippen LogP contribution in [0.5, 0.6) is 0 Å². The van der Waals surface area contributed by atoms with Crippen LogP contribution < -0.4 is 5.32 Å². The van der Waals surface area contributed by atoms with Crippen LogP contribution in [0.15, 0.2) is 0 Å². The molecule has 17 heavy (non-hydrogen) atoms. The van der Waals surface area contributed by atoms with Gasteiger partial charge in [-0.3, -0.25) is 9.69 Å². The summed E-state index contributed by atoms with van der Waals surface area (Å²) in [6.07, 6.45) is 0.593. The molecule has 0 aliphatic carbocycles. The molecule has 1 N–H and O–H groups in total. The number of hydrogen-bond acceptors (Lipinski definition) is 4. The van der Waals surface area contributed by atoms with Crippen LogP contribution in [-0.2, 0) is 4.79 Å². The smallest absolute Gasteiger partial charge is 0.223 e. The van der Waals surface area contributed by atoms with Crippen molar-refractivity contribution in [3.8, 4) is 0 Å². The molecule has 0 radical (unpaired) electrons. The molecule has 1 fully saturated rings. The van der Waals surface area contributed by atoms with Crippen molar-refractivity contribution in [2.45, 2.75) is 6.42 Å². The fourth-order valence-corrected chi connectivity index (χ4v) is 1.85. The summed E-state index contributed by atoms with van der Waals surface area (Å²) in [6, 6.07) is 0. The average Bonchev–Trinajstić information content (AvgIpc) is 2.30. The lowest BCUT2D eigenvalue weighted by Gasteiger charge is -2.32. The van der Waals surface area contributed by atoms with Gasteiger partial charge in [0.05, 0.1) is 0 Å². The Kier molecular flexibility index (Phi) is 6.47. The first-order valence-electron chi connectivity index (χ1n) is 6.41. The van der Waals surface area contributed by atoms with Crippen LogP contribution in [0.3, 0.4) is 0 Å². The lowest BCUT2D eigenvalue weighted by Crippen LogP contribution is -2.46. The van der Waals surface area contributed by atoms with Gasteiger partial charge in [0.2, 0.25) is 5.91 Å². The molecule has 100 valence electrons. The minimum Gasteiger partial charge on any atom is -0.349 e. The minimum absolute atomic E-state index is 0.192. The Morgan fingerprint density at radius 1 is 1.18 bits per heavy atom. The Bertz CT molecular complexity index is 225. The second-order valence-electron chi connectivity index (χ2n) is 4.93. The van der Waals surface area contributed by atoms with E-state index in [0.717, 1.165) is 32.7 Å². The second kappa shape index (κ2) is 7.63. The van der Waals surface area contributed by atoms with E-state index < -0.39 is 0 Å². The summed E-state index contributed by atoms with van der Waals surface area (Å²) in [5.41, 5.74) is 0. The van der Waals surface area contributed by atoms with Crippen LogP contribution in [0.25, 0.3) is 0 Å². The Hall–Kier alpha value is -0.650. The molecule has 5 heteroatoms. The fraction of sp³-hybridized carbons (Fsp3) is 0.917. The van der Waals surface area contributed by atoms with Crippen LogP contribution in [-0.4, -0.2) is 87.6 Å². The summed E-state index contributed by atoms with van der Waals surface area (Å²) in [4.78, 5) is 17.8. The number of carbonyl (C=O) groups is 1. The quantitative estimate of drug-likeness (QED) is 0.625. The Morgan fingerprint density at radius 3 is 2.41 bits per heavy atom. The highest BCUT2D eigenvalue weighted by atomic mass is 16.2. The third-order valence-corrected chi connectivity index (χ3v) is 3.22. The second-order valence-corrected chi connectivity index (χ2v) is 4.93. The number of amides is 1. The molecular formula is C12H26N4O. The van der Waals surface area contributed by atoms with E-state index in [1.807, 2.05) is 0 Å². The summed E-state index contributed by atoms with van der Waals surface area (Å²) in [5, 5.41) is 3.33. The van der Waals surface area contributed by atoms with Crippen molar-refractivity contribution < 1.29 is 4.79 Å². The van der Waals surface area contributed by atoms with E-state index in [0.29, 0.717) is 6.42 Å². The molecule has 0 atom stereocenters. The molecule has 1 aliphatic heterocycles. The Balaban J connectivity index is 1.96. The Labute approximate surface area is 105 Å². The number of nitrogens with zero attached hydrogens (tertiary/aromatic N) is 3. The maximum absolute atomic E-state index is 11.3. The molecule has 1 heterocycles. The molecule has 0 aromatic heterocycles. The molecule has 0 saturated carbocycles. The van der Waals surface area contributed by atoms with Gasteiger partial charge in [0, 0.05) is 66.3 Å². The van der Waals surface area contributed by atoms with Crippen LogP contribution in [0.1, 0.15) is 6.42 Å². The highest BCUT2D eigenvalue weighted by Crippen LogP contribution is 1.97. The van der Waals surface area contributed by atoms with E-state index in [1.165, 1.54) is 13.1 Å². The molecule has 0 aromatic rings. The summed E-state index contributed by atoms with van der Waals surface area (Å²) < 4.78 is 0. The normalized spacial score (nSPS) is 18.3. The molecule has 0 spiro atoms. The van der Waals surface area contributed by atoms with Gasteiger partial charge in [-0.15, -0.1) is 0 Å². The largest absolute Gasteiger partial charge is 0.349 e. The first-order chi connectivity index (χ1) is 8.09. The zero-order chi connectivity index (χ0) is 12.7. The van der Waals surface area contributed by atoms with Crippen molar-refractivity contribution in [3.63, 3.8) is 0 Å². The zero-order valence-electron chi connectivity index (χ0n) is 11.4. The van der Waals surface area contributed by atoms with E-state index in [2.05, 4.69) is 22.2 Å². The van der Waals surface area contributed by atoms with Crippen molar-refractivity contribution in [2.75, 3.05) is 67.0 Å². The van der Waals surface area contributed by atoms with Crippen LogP contribution in [0.2, 0.25) is 0 Å².